The third-order valence-electron chi connectivity index (χ3n) is 5.31. The van der Waals surface area contributed by atoms with Gasteiger partial charge in [0.05, 0.1) is 12.7 Å². The van der Waals surface area contributed by atoms with E-state index >= 15 is 0 Å². The summed E-state index contributed by atoms with van der Waals surface area (Å²) in [5.41, 5.74) is 2.02. The highest BCUT2D eigenvalue weighted by atomic mass is 16.5. The van der Waals surface area contributed by atoms with Gasteiger partial charge in [-0.25, -0.2) is 0 Å². The van der Waals surface area contributed by atoms with Gasteiger partial charge in [-0.2, -0.15) is 4.98 Å². The van der Waals surface area contributed by atoms with Gasteiger partial charge in [-0.05, 0) is 49.6 Å². The lowest BCUT2D eigenvalue weighted by atomic mass is 10.1. The molecule has 1 fully saturated rings. The highest BCUT2D eigenvalue weighted by Crippen LogP contribution is 2.18. The number of aryl methyl sites for hydroxylation is 1. The molecular weight excluding hydrogens is 394 g/mol. The van der Waals surface area contributed by atoms with E-state index in [0.717, 1.165) is 29.7 Å². The molecule has 0 unspecified atom stereocenters. The fourth-order valence-corrected chi connectivity index (χ4v) is 3.58. The number of ether oxygens (including phenoxy) is 2. The summed E-state index contributed by atoms with van der Waals surface area (Å²) in [6, 6.07) is 17.4. The number of aromatic nitrogens is 2. The number of hydrogen-bond acceptors (Lipinski definition) is 6. The topological polar surface area (TPSA) is 77.7 Å². The summed E-state index contributed by atoms with van der Waals surface area (Å²) in [5, 5.41) is 4.03. The van der Waals surface area contributed by atoms with Crippen LogP contribution in [0.1, 0.15) is 24.2 Å². The van der Waals surface area contributed by atoms with E-state index in [1.165, 1.54) is 0 Å². The van der Waals surface area contributed by atoms with E-state index in [2.05, 4.69) is 10.1 Å². The number of rotatable bonds is 8. The van der Waals surface area contributed by atoms with Crippen LogP contribution in [-0.2, 0) is 16.0 Å². The minimum Gasteiger partial charge on any atom is -0.484 e. The van der Waals surface area contributed by atoms with Gasteiger partial charge in [0.2, 0.25) is 0 Å². The molecule has 1 aliphatic heterocycles. The van der Waals surface area contributed by atoms with Crippen molar-refractivity contribution >= 4 is 5.91 Å². The Morgan fingerprint density at radius 3 is 2.71 bits per heavy atom. The lowest BCUT2D eigenvalue weighted by molar-refractivity contribution is -0.136. The molecule has 2 aromatic carbocycles. The van der Waals surface area contributed by atoms with Gasteiger partial charge in [-0.3, -0.25) is 4.79 Å². The number of piperidine rings is 1. The Hall–Kier alpha value is -3.19. The second-order valence-electron chi connectivity index (χ2n) is 7.69. The molecule has 31 heavy (non-hydrogen) atoms. The Bertz CT molecular complexity index is 981. The Kier molecular flexibility index (Phi) is 6.94. The second kappa shape index (κ2) is 10.2. The monoisotopic (exact) mass is 421 g/mol. The highest BCUT2D eigenvalue weighted by molar-refractivity contribution is 5.77. The standard InChI is InChI=1S/C24H27N3O4/c1-18-6-5-9-21(16-18)30-17-23(28)27-13-10-20(11-14-27)29-15-12-22-25-24(31-26-22)19-7-3-2-4-8-19/h2-9,16,20H,10-15,17H2,1H3. The van der Waals surface area contributed by atoms with E-state index in [1.54, 1.807) is 0 Å². The SMILES string of the molecule is Cc1cccc(OCC(=O)N2CCC(OCCc3noc(-c4ccccc4)n3)CC2)c1. The smallest absolute Gasteiger partial charge is 0.260 e. The largest absolute Gasteiger partial charge is 0.484 e. The molecule has 7 heteroatoms. The zero-order chi connectivity index (χ0) is 21.5. The van der Waals surface area contributed by atoms with Crippen LogP contribution in [0, 0.1) is 6.92 Å². The van der Waals surface area contributed by atoms with Crippen LogP contribution < -0.4 is 4.74 Å². The minimum atomic E-state index is 0.0141. The van der Waals surface area contributed by atoms with Crippen molar-refractivity contribution in [1.29, 1.82) is 0 Å². The van der Waals surface area contributed by atoms with Crippen molar-refractivity contribution < 1.29 is 18.8 Å². The van der Waals surface area contributed by atoms with Gasteiger partial charge < -0.3 is 18.9 Å². The molecule has 0 atom stereocenters. The number of carbonyl (C=O) groups is 1. The summed E-state index contributed by atoms with van der Waals surface area (Å²) < 4.78 is 16.9. The summed E-state index contributed by atoms with van der Waals surface area (Å²) in [6.07, 6.45) is 2.37. The highest BCUT2D eigenvalue weighted by Gasteiger charge is 2.23. The van der Waals surface area contributed by atoms with E-state index in [9.17, 15) is 4.79 Å². The first-order valence-electron chi connectivity index (χ1n) is 10.6. The summed E-state index contributed by atoms with van der Waals surface area (Å²) in [5.74, 6) is 1.90. The van der Waals surface area contributed by atoms with Crippen molar-refractivity contribution in [1.82, 2.24) is 15.0 Å². The van der Waals surface area contributed by atoms with Crippen LogP contribution in [0.3, 0.4) is 0 Å². The Morgan fingerprint density at radius 2 is 1.94 bits per heavy atom. The minimum absolute atomic E-state index is 0.0141. The van der Waals surface area contributed by atoms with Gasteiger partial charge in [-0.15, -0.1) is 0 Å². The Balaban J connectivity index is 1.15. The molecular formula is C24H27N3O4. The van der Waals surface area contributed by atoms with Gasteiger partial charge in [0, 0.05) is 25.1 Å². The molecule has 0 spiro atoms. The maximum absolute atomic E-state index is 12.4. The van der Waals surface area contributed by atoms with E-state index < -0.39 is 0 Å². The third kappa shape index (κ3) is 5.92. The first kappa shape index (κ1) is 21.1. The van der Waals surface area contributed by atoms with E-state index in [-0.39, 0.29) is 18.6 Å². The van der Waals surface area contributed by atoms with Crippen molar-refractivity contribution in [2.24, 2.45) is 0 Å². The van der Waals surface area contributed by atoms with Crippen LogP contribution in [0.25, 0.3) is 11.5 Å². The lowest BCUT2D eigenvalue weighted by Gasteiger charge is -2.31. The predicted octanol–water partition coefficient (Wildman–Crippen LogP) is 3.67. The molecule has 1 aromatic heterocycles. The van der Waals surface area contributed by atoms with Gasteiger partial charge in [0.15, 0.2) is 12.4 Å². The molecule has 1 saturated heterocycles. The van der Waals surface area contributed by atoms with Crippen LogP contribution in [0.4, 0.5) is 0 Å². The molecule has 3 aromatic rings. The molecule has 0 saturated carbocycles. The molecule has 2 heterocycles. The van der Waals surface area contributed by atoms with E-state index in [1.807, 2.05) is 66.4 Å². The molecule has 4 rings (SSSR count). The van der Waals surface area contributed by atoms with Crippen LogP contribution in [0.5, 0.6) is 5.75 Å². The second-order valence-corrected chi connectivity index (χ2v) is 7.69. The van der Waals surface area contributed by atoms with Gasteiger partial charge in [0.1, 0.15) is 5.75 Å². The summed E-state index contributed by atoms with van der Waals surface area (Å²) in [7, 11) is 0. The van der Waals surface area contributed by atoms with Gasteiger partial charge >= 0.3 is 0 Å². The maximum Gasteiger partial charge on any atom is 0.260 e. The van der Waals surface area contributed by atoms with Gasteiger partial charge in [-0.1, -0.05) is 35.5 Å². The van der Waals surface area contributed by atoms with E-state index in [0.29, 0.717) is 37.8 Å². The summed E-state index contributed by atoms with van der Waals surface area (Å²) in [4.78, 5) is 18.7. The van der Waals surface area contributed by atoms with Crippen LogP contribution >= 0.6 is 0 Å². The number of nitrogens with zero attached hydrogens (tertiary/aromatic N) is 3. The average molecular weight is 421 g/mol. The van der Waals surface area contributed by atoms with Crippen molar-refractivity contribution in [2.75, 3.05) is 26.3 Å². The van der Waals surface area contributed by atoms with Crippen LogP contribution in [0.15, 0.2) is 59.1 Å². The van der Waals surface area contributed by atoms with E-state index in [4.69, 9.17) is 14.0 Å². The summed E-state index contributed by atoms with van der Waals surface area (Å²) in [6.45, 7) is 3.96. The predicted molar refractivity (Wildman–Crippen MR) is 116 cm³/mol. The van der Waals surface area contributed by atoms with Crippen LogP contribution in [-0.4, -0.2) is 53.4 Å². The first-order valence-corrected chi connectivity index (χ1v) is 10.6. The first-order chi connectivity index (χ1) is 15.2. The molecule has 0 radical (unpaired) electrons. The number of likely N-dealkylation sites (tertiary alicyclic amines) is 1. The summed E-state index contributed by atoms with van der Waals surface area (Å²) >= 11 is 0. The number of carbonyl (C=O) groups excluding carboxylic acids is 1. The van der Waals surface area contributed by atoms with Gasteiger partial charge in [0.25, 0.3) is 11.8 Å². The molecule has 0 aliphatic carbocycles. The zero-order valence-electron chi connectivity index (χ0n) is 17.7. The van der Waals surface area contributed by atoms with Crippen LogP contribution in [0.2, 0.25) is 0 Å². The fourth-order valence-electron chi connectivity index (χ4n) is 3.58. The quantitative estimate of drug-likeness (QED) is 0.552. The number of hydrogen-bond donors (Lipinski definition) is 0. The van der Waals surface area contributed by atoms with Crippen molar-refractivity contribution in [3.63, 3.8) is 0 Å². The average Bonchev–Trinajstić information content (AvgIpc) is 3.28. The van der Waals surface area contributed by atoms with Crippen molar-refractivity contribution in [2.45, 2.75) is 32.3 Å². The maximum atomic E-state index is 12.4. The zero-order valence-corrected chi connectivity index (χ0v) is 17.7. The fraction of sp³-hybridized carbons (Fsp3) is 0.375. The van der Waals surface area contributed by atoms with Crippen molar-refractivity contribution in [3.05, 3.63) is 66.0 Å². The Morgan fingerprint density at radius 1 is 1.13 bits per heavy atom. The molecule has 1 amide bonds. The van der Waals surface area contributed by atoms with Crippen molar-refractivity contribution in [3.8, 4) is 17.2 Å². The normalized spacial score (nSPS) is 14.5. The number of benzene rings is 2. The lowest BCUT2D eigenvalue weighted by Crippen LogP contribution is -2.43. The molecule has 1 aliphatic rings. The third-order valence-corrected chi connectivity index (χ3v) is 5.31. The Labute approximate surface area is 182 Å². The molecule has 0 bridgehead atoms. The molecule has 7 nitrogen and oxygen atoms in total. The molecule has 0 N–H and O–H groups in total. The number of amides is 1. The molecule has 162 valence electrons.